The summed E-state index contributed by atoms with van der Waals surface area (Å²) in [7, 11) is 0. The number of nitrogens with one attached hydrogen (secondary N) is 2. The summed E-state index contributed by atoms with van der Waals surface area (Å²) in [5.41, 5.74) is 2.35. The number of aromatic amines is 1. The fourth-order valence-electron chi connectivity index (χ4n) is 2.28. The molecule has 2 N–H and O–H groups in total. The molecular weight excluding hydrogens is 268 g/mol. The van der Waals surface area contributed by atoms with E-state index in [1.807, 2.05) is 12.3 Å². The highest BCUT2D eigenvalue weighted by Gasteiger charge is 2.24. The van der Waals surface area contributed by atoms with Crippen molar-refractivity contribution in [3.63, 3.8) is 0 Å². The van der Waals surface area contributed by atoms with Crippen LogP contribution in [0.4, 0.5) is 0 Å². The lowest BCUT2D eigenvalue weighted by Gasteiger charge is -2.05. The molecule has 1 unspecified atom stereocenters. The highest BCUT2D eigenvalue weighted by atomic mass is 79.9. The smallest absolute Gasteiger partial charge is 0.220 e. The maximum atomic E-state index is 11.2. The molecule has 1 saturated heterocycles. The molecule has 1 aromatic heterocycles. The third-order valence-corrected chi connectivity index (χ3v) is 3.59. The van der Waals surface area contributed by atoms with Gasteiger partial charge in [0.1, 0.15) is 0 Å². The van der Waals surface area contributed by atoms with E-state index in [0.29, 0.717) is 12.3 Å². The Balaban J connectivity index is 2.07. The van der Waals surface area contributed by atoms with Crippen LogP contribution in [-0.4, -0.2) is 17.4 Å². The zero-order valence-electron chi connectivity index (χ0n) is 8.59. The van der Waals surface area contributed by atoms with Gasteiger partial charge < -0.3 is 10.3 Å². The number of hydrogen-bond acceptors (Lipinski definition) is 1. The molecule has 0 spiro atoms. The summed E-state index contributed by atoms with van der Waals surface area (Å²) < 4.78 is 1.06. The van der Waals surface area contributed by atoms with E-state index in [2.05, 4.69) is 38.4 Å². The van der Waals surface area contributed by atoms with Gasteiger partial charge in [-0.2, -0.15) is 0 Å². The van der Waals surface area contributed by atoms with Gasteiger partial charge in [0, 0.05) is 40.5 Å². The Kier molecular flexibility index (Phi) is 2.24. The topological polar surface area (TPSA) is 44.9 Å². The molecule has 1 amide bonds. The molecule has 1 fully saturated rings. The highest BCUT2D eigenvalue weighted by molar-refractivity contribution is 9.10. The standard InChI is InChI=1S/C12H11BrN2O/c13-8-1-2-9-10(6-14-11(9)4-8)7-3-12(16)15-5-7/h1-2,4,6-7,14H,3,5H2,(H,15,16). The summed E-state index contributed by atoms with van der Waals surface area (Å²) in [6.07, 6.45) is 2.62. The van der Waals surface area contributed by atoms with Gasteiger partial charge in [0.2, 0.25) is 5.91 Å². The molecule has 3 rings (SSSR count). The molecule has 2 aromatic rings. The Morgan fingerprint density at radius 1 is 1.38 bits per heavy atom. The summed E-state index contributed by atoms with van der Waals surface area (Å²) in [5, 5.41) is 4.08. The van der Waals surface area contributed by atoms with Crippen LogP contribution < -0.4 is 5.32 Å². The SMILES string of the molecule is O=C1CC(c2c[nH]c3cc(Br)ccc23)CN1. The monoisotopic (exact) mass is 278 g/mol. The average molecular weight is 279 g/mol. The fraction of sp³-hybridized carbons (Fsp3) is 0.250. The van der Waals surface area contributed by atoms with E-state index in [1.54, 1.807) is 0 Å². The van der Waals surface area contributed by atoms with Gasteiger partial charge in [0.05, 0.1) is 0 Å². The van der Waals surface area contributed by atoms with Crippen molar-refractivity contribution < 1.29 is 4.79 Å². The van der Waals surface area contributed by atoms with Gasteiger partial charge in [-0.1, -0.05) is 22.0 Å². The molecule has 0 bridgehead atoms. The molecule has 2 heterocycles. The Morgan fingerprint density at radius 2 is 2.25 bits per heavy atom. The van der Waals surface area contributed by atoms with E-state index >= 15 is 0 Å². The van der Waals surface area contributed by atoms with Crippen LogP contribution in [0.2, 0.25) is 0 Å². The summed E-state index contributed by atoms with van der Waals surface area (Å²) in [6.45, 7) is 0.752. The molecule has 0 aliphatic carbocycles. The van der Waals surface area contributed by atoms with Gasteiger partial charge in [0.15, 0.2) is 0 Å². The first-order chi connectivity index (χ1) is 7.74. The largest absolute Gasteiger partial charge is 0.361 e. The summed E-state index contributed by atoms with van der Waals surface area (Å²) in [6, 6.07) is 6.18. The zero-order valence-corrected chi connectivity index (χ0v) is 10.2. The zero-order chi connectivity index (χ0) is 11.1. The minimum atomic E-state index is 0.150. The van der Waals surface area contributed by atoms with Gasteiger partial charge >= 0.3 is 0 Å². The summed E-state index contributed by atoms with van der Waals surface area (Å²) >= 11 is 3.45. The van der Waals surface area contributed by atoms with Crippen molar-refractivity contribution in [3.05, 3.63) is 34.4 Å². The Morgan fingerprint density at radius 3 is 3.00 bits per heavy atom. The number of carbonyl (C=O) groups excluding carboxylic acids is 1. The number of aromatic nitrogens is 1. The number of fused-ring (bicyclic) bond motifs is 1. The average Bonchev–Trinajstić information content (AvgIpc) is 2.83. The lowest BCUT2D eigenvalue weighted by atomic mass is 9.98. The quantitative estimate of drug-likeness (QED) is 0.827. The summed E-state index contributed by atoms with van der Waals surface area (Å²) in [5.74, 6) is 0.457. The molecule has 4 heteroatoms. The number of hydrogen-bond donors (Lipinski definition) is 2. The predicted octanol–water partition coefficient (Wildman–Crippen LogP) is 2.53. The number of amides is 1. The second-order valence-electron chi connectivity index (χ2n) is 4.14. The second kappa shape index (κ2) is 3.63. The highest BCUT2D eigenvalue weighted by Crippen LogP contribution is 2.31. The van der Waals surface area contributed by atoms with Crippen molar-refractivity contribution in [3.8, 4) is 0 Å². The number of carbonyl (C=O) groups is 1. The van der Waals surface area contributed by atoms with Gasteiger partial charge in [-0.05, 0) is 17.7 Å². The maximum Gasteiger partial charge on any atom is 0.220 e. The first kappa shape index (κ1) is 9.90. The van der Waals surface area contributed by atoms with E-state index in [0.717, 1.165) is 16.5 Å². The van der Waals surface area contributed by atoms with Gasteiger partial charge in [-0.3, -0.25) is 4.79 Å². The van der Waals surface area contributed by atoms with Crippen LogP contribution in [0.3, 0.4) is 0 Å². The van der Waals surface area contributed by atoms with Crippen LogP contribution in [0.15, 0.2) is 28.9 Å². The maximum absolute atomic E-state index is 11.2. The van der Waals surface area contributed by atoms with Crippen LogP contribution in [-0.2, 0) is 4.79 Å². The van der Waals surface area contributed by atoms with Crippen LogP contribution in [0, 0.1) is 0 Å². The molecular formula is C12H11BrN2O. The fourth-order valence-corrected chi connectivity index (χ4v) is 2.64. The molecule has 0 saturated carbocycles. The Hall–Kier alpha value is -1.29. The number of benzene rings is 1. The molecule has 0 radical (unpaired) electrons. The lowest BCUT2D eigenvalue weighted by molar-refractivity contribution is -0.119. The van der Waals surface area contributed by atoms with Crippen LogP contribution in [0.5, 0.6) is 0 Å². The minimum absolute atomic E-state index is 0.150. The second-order valence-corrected chi connectivity index (χ2v) is 5.05. The van der Waals surface area contributed by atoms with Crippen molar-refractivity contribution >= 4 is 32.7 Å². The van der Waals surface area contributed by atoms with E-state index in [1.165, 1.54) is 10.9 Å². The van der Waals surface area contributed by atoms with Crippen molar-refractivity contribution in [2.24, 2.45) is 0 Å². The van der Waals surface area contributed by atoms with E-state index in [4.69, 9.17) is 0 Å². The van der Waals surface area contributed by atoms with Crippen LogP contribution >= 0.6 is 15.9 Å². The molecule has 1 aliphatic rings. The molecule has 1 atom stereocenters. The predicted molar refractivity (Wildman–Crippen MR) is 66.4 cm³/mol. The van der Waals surface area contributed by atoms with E-state index in [9.17, 15) is 4.79 Å². The van der Waals surface area contributed by atoms with Gasteiger partial charge in [-0.15, -0.1) is 0 Å². The molecule has 1 aliphatic heterocycles. The molecule has 1 aromatic carbocycles. The van der Waals surface area contributed by atoms with Crippen molar-refractivity contribution in [1.82, 2.24) is 10.3 Å². The number of halogens is 1. The van der Waals surface area contributed by atoms with Crippen molar-refractivity contribution in [2.45, 2.75) is 12.3 Å². The van der Waals surface area contributed by atoms with Crippen LogP contribution in [0.25, 0.3) is 10.9 Å². The number of rotatable bonds is 1. The van der Waals surface area contributed by atoms with Gasteiger partial charge in [-0.25, -0.2) is 0 Å². The molecule has 16 heavy (non-hydrogen) atoms. The Bertz CT molecular complexity index is 561. The normalized spacial score (nSPS) is 20.3. The van der Waals surface area contributed by atoms with E-state index in [-0.39, 0.29) is 5.91 Å². The summed E-state index contributed by atoms with van der Waals surface area (Å²) in [4.78, 5) is 14.5. The number of H-pyrrole nitrogens is 1. The Labute approximate surface area is 101 Å². The third kappa shape index (κ3) is 1.53. The first-order valence-corrected chi connectivity index (χ1v) is 6.06. The first-order valence-electron chi connectivity index (χ1n) is 5.27. The molecule has 3 nitrogen and oxygen atoms in total. The minimum Gasteiger partial charge on any atom is -0.361 e. The molecule has 82 valence electrons. The van der Waals surface area contributed by atoms with Crippen molar-refractivity contribution in [1.29, 1.82) is 0 Å². The van der Waals surface area contributed by atoms with Crippen molar-refractivity contribution in [2.75, 3.05) is 6.54 Å². The van der Waals surface area contributed by atoms with Crippen LogP contribution in [0.1, 0.15) is 17.9 Å². The lowest BCUT2D eigenvalue weighted by Crippen LogP contribution is -2.13. The van der Waals surface area contributed by atoms with Gasteiger partial charge in [0.25, 0.3) is 0 Å². The third-order valence-electron chi connectivity index (χ3n) is 3.09. The van der Waals surface area contributed by atoms with E-state index < -0.39 is 0 Å².